The van der Waals surface area contributed by atoms with Crippen molar-refractivity contribution in [2.24, 2.45) is 11.1 Å². The number of amides is 1. The van der Waals surface area contributed by atoms with Gasteiger partial charge in [0, 0.05) is 11.7 Å². The van der Waals surface area contributed by atoms with Gasteiger partial charge in [0.1, 0.15) is 16.9 Å². The van der Waals surface area contributed by atoms with Crippen molar-refractivity contribution in [3.8, 4) is 5.69 Å². The van der Waals surface area contributed by atoms with E-state index in [0.717, 1.165) is 19.3 Å². The molecule has 0 saturated carbocycles. The number of nitrogen functional groups attached to an aromatic ring is 1. The van der Waals surface area contributed by atoms with Gasteiger partial charge < -0.3 is 11.1 Å². The van der Waals surface area contributed by atoms with Crippen LogP contribution < -0.4 is 16.2 Å². The second-order valence-electron chi connectivity index (χ2n) is 9.22. The number of hydrogen-bond acceptors (Lipinski definition) is 6. The highest BCUT2D eigenvalue weighted by molar-refractivity contribution is 7.89. The fraction of sp³-hybridized carbons (Fsp3) is 0.320. The van der Waals surface area contributed by atoms with Gasteiger partial charge in [-0.25, -0.2) is 23.5 Å². The summed E-state index contributed by atoms with van der Waals surface area (Å²) in [5.41, 5.74) is 9.38. The lowest BCUT2D eigenvalue weighted by molar-refractivity contribution is 0.0940. The van der Waals surface area contributed by atoms with Crippen LogP contribution in [0.25, 0.3) is 27.9 Å². The Morgan fingerprint density at radius 1 is 1.00 bits per heavy atom. The molecule has 2 aromatic carbocycles. The summed E-state index contributed by atoms with van der Waals surface area (Å²) in [4.78, 5) is 22.8. The number of sulfonamides is 1. The molecule has 1 unspecified atom stereocenters. The lowest BCUT2D eigenvalue weighted by Gasteiger charge is -2.14. The van der Waals surface area contributed by atoms with E-state index in [1.165, 1.54) is 12.1 Å². The lowest BCUT2D eigenvalue weighted by atomic mass is 10.0. The minimum atomic E-state index is -3.85. The van der Waals surface area contributed by atoms with E-state index in [1.54, 1.807) is 16.7 Å². The molecular weight excluding hydrogens is 464 g/mol. The number of para-hydroxylation sites is 2. The van der Waals surface area contributed by atoms with Gasteiger partial charge in [0.2, 0.25) is 10.0 Å². The van der Waals surface area contributed by atoms with Gasteiger partial charge in [0.15, 0.2) is 5.65 Å². The molecule has 184 valence electrons. The van der Waals surface area contributed by atoms with Crippen LogP contribution in [0.15, 0.2) is 53.4 Å². The fourth-order valence-corrected chi connectivity index (χ4v) is 4.65. The number of nitrogens with one attached hydrogen (secondary N) is 1. The van der Waals surface area contributed by atoms with Crippen molar-refractivity contribution in [1.82, 2.24) is 19.9 Å². The zero-order valence-corrected chi connectivity index (χ0v) is 20.8. The van der Waals surface area contributed by atoms with Gasteiger partial charge in [-0.05, 0) is 55.7 Å². The van der Waals surface area contributed by atoms with Crippen LogP contribution >= 0.6 is 0 Å². The third-order valence-electron chi connectivity index (χ3n) is 5.94. The highest BCUT2D eigenvalue weighted by Crippen LogP contribution is 2.31. The summed E-state index contributed by atoms with van der Waals surface area (Å²) < 4.78 is 25.0. The smallest absolute Gasteiger partial charge is 0.257 e. The molecule has 0 radical (unpaired) electrons. The van der Waals surface area contributed by atoms with Gasteiger partial charge >= 0.3 is 0 Å². The minimum absolute atomic E-state index is 0.0268. The van der Waals surface area contributed by atoms with Crippen molar-refractivity contribution in [3.05, 3.63) is 54.1 Å². The van der Waals surface area contributed by atoms with Crippen LogP contribution in [0, 0.1) is 5.92 Å². The van der Waals surface area contributed by atoms with Gasteiger partial charge in [-0.2, -0.15) is 0 Å². The van der Waals surface area contributed by atoms with Gasteiger partial charge in [-0.1, -0.05) is 38.8 Å². The lowest BCUT2D eigenvalue weighted by Crippen LogP contribution is -2.33. The van der Waals surface area contributed by atoms with E-state index in [9.17, 15) is 13.2 Å². The second-order valence-corrected chi connectivity index (χ2v) is 10.8. The van der Waals surface area contributed by atoms with Gasteiger partial charge in [0.05, 0.1) is 15.9 Å². The predicted molar refractivity (Wildman–Crippen MR) is 138 cm³/mol. The van der Waals surface area contributed by atoms with E-state index in [4.69, 9.17) is 20.8 Å². The SMILES string of the molecule is CC(C)CCCC(C)NC(=O)c1c(N)n(-c2ccc(S(N)(=O)=O)cc2)c2nc3ccccc3nc12. The quantitative estimate of drug-likeness (QED) is 0.340. The molecule has 0 fully saturated rings. The summed E-state index contributed by atoms with van der Waals surface area (Å²) in [5, 5.41) is 8.28. The summed E-state index contributed by atoms with van der Waals surface area (Å²) in [6.07, 6.45) is 2.96. The Kier molecular flexibility index (Phi) is 6.77. The Balaban J connectivity index is 1.81. The first kappa shape index (κ1) is 24.6. The average molecular weight is 495 g/mol. The standard InChI is InChI=1S/C25H30N6O3S/c1-15(2)7-6-8-16(3)28-25(32)21-22-24(30-20-10-5-4-9-19(20)29-22)31(23(21)26)17-11-13-18(14-12-17)35(27,33)34/h4-5,9-16H,6-8,26H2,1-3H3,(H,28,32)(H2,27,33,34). The molecule has 10 heteroatoms. The van der Waals surface area contributed by atoms with Crippen molar-refractivity contribution in [1.29, 1.82) is 0 Å². The molecule has 4 rings (SSSR count). The molecule has 1 amide bonds. The molecule has 9 nitrogen and oxygen atoms in total. The van der Waals surface area contributed by atoms with Crippen LogP contribution in [0.2, 0.25) is 0 Å². The molecular formula is C25H30N6O3S. The molecule has 0 bridgehead atoms. The molecule has 0 aliphatic carbocycles. The van der Waals surface area contributed by atoms with Crippen LogP contribution in [0.1, 0.15) is 50.4 Å². The molecule has 0 saturated heterocycles. The Hall–Kier alpha value is -3.50. The topological polar surface area (TPSA) is 146 Å². The number of fused-ring (bicyclic) bond motifs is 2. The zero-order chi connectivity index (χ0) is 25.3. The maximum atomic E-state index is 13.4. The van der Waals surface area contributed by atoms with E-state index < -0.39 is 10.0 Å². The van der Waals surface area contributed by atoms with Gasteiger partial charge in [-0.15, -0.1) is 0 Å². The van der Waals surface area contributed by atoms with Crippen LogP contribution in [-0.2, 0) is 10.0 Å². The van der Waals surface area contributed by atoms with Crippen LogP contribution in [0.3, 0.4) is 0 Å². The molecule has 0 aliphatic heterocycles. The number of nitrogens with zero attached hydrogens (tertiary/aromatic N) is 3. The fourth-order valence-electron chi connectivity index (χ4n) is 4.13. The number of carbonyl (C=O) groups is 1. The molecule has 4 aromatic rings. The Morgan fingerprint density at radius 2 is 1.63 bits per heavy atom. The van der Waals surface area contributed by atoms with E-state index >= 15 is 0 Å². The number of aromatic nitrogens is 3. The number of nitrogens with two attached hydrogens (primary N) is 2. The number of primary sulfonamides is 1. The van der Waals surface area contributed by atoms with Crippen molar-refractivity contribution < 1.29 is 13.2 Å². The number of benzene rings is 2. The number of carbonyl (C=O) groups excluding carboxylic acids is 1. The Bertz CT molecular complexity index is 1490. The average Bonchev–Trinajstić information content (AvgIpc) is 3.07. The molecule has 2 aromatic heterocycles. The molecule has 0 spiro atoms. The third kappa shape index (κ3) is 5.13. The van der Waals surface area contributed by atoms with Gasteiger partial charge in [-0.3, -0.25) is 9.36 Å². The predicted octanol–water partition coefficient (Wildman–Crippen LogP) is 3.75. The van der Waals surface area contributed by atoms with Crippen molar-refractivity contribution in [2.75, 3.05) is 5.73 Å². The summed E-state index contributed by atoms with van der Waals surface area (Å²) in [5.74, 6) is 0.454. The van der Waals surface area contributed by atoms with E-state index in [1.807, 2.05) is 31.2 Å². The first-order valence-electron chi connectivity index (χ1n) is 11.6. The largest absolute Gasteiger partial charge is 0.384 e. The van der Waals surface area contributed by atoms with Crippen molar-refractivity contribution in [3.63, 3.8) is 0 Å². The molecule has 1 atom stereocenters. The highest BCUT2D eigenvalue weighted by Gasteiger charge is 2.26. The zero-order valence-electron chi connectivity index (χ0n) is 20.0. The first-order chi connectivity index (χ1) is 16.6. The molecule has 0 aliphatic rings. The maximum Gasteiger partial charge on any atom is 0.257 e. The molecule has 35 heavy (non-hydrogen) atoms. The van der Waals surface area contributed by atoms with E-state index in [2.05, 4.69) is 19.2 Å². The summed E-state index contributed by atoms with van der Waals surface area (Å²) in [7, 11) is -3.85. The number of hydrogen-bond donors (Lipinski definition) is 3. The van der Waals surface area contributed by atoms with Crippen LogP contribution in [0.5, 0.6) is 0 Å². The second kappa shape index (κ2) is 9.63. The summed E-state index contributed by atoms with van der Waals surface area (Å²) in [6.45, 7) is 6.33. The maximum absolute atomic E-state index is 13.4. The molecule has 2 heterocycles. The molecule has 5 N–H and O–H groups in total. The van der Waals surface area contributed by atoms with Crippen LogP contribution in [-0.4, -0.2) is 34.9 Å². The number of anilines is 1. The summed E-state index contributed by atoms with van der Waals surface area (Å²) >= 11 is 0. The monoisotopic (exact) mass is 494 g/mol. The first-order valence-corrected chi connectivity index (χ1v) is 13.1. The van der Waals surface area contributed by atoms with Crippen molar-refractivity contribution in [2.45, 2.75) is 51.0 Å². The highest BCUT2D eigenvalue weighted by atomic mass is 32.2. The van der Waals surface area contributed by atoms with E-state index in [-0.39, 0.29) is 28.2 Å². The van der Waals surface area contributed by atoms with Gasteiger partial charge in [0.25, 0.3) is 5.91 Å². The van der Waals surface area contributed by atoms with E-state index in [0.29, 0.717) is 33.8 Å². The normalized spacial score (nSPS) is 12.9. The van der Waals surface area contributed by atoms with Crippen LogP contribution in [0.4, 0.5) is 5.82 Å². The summed E-state index contributed by atoms with van der Waals surface area (Å²) in [6, 6.07) is 13.2. The minimum Gasteiger partial charge on any atom is -0.384 e. The van der Waals surface area contributed by atoms with Crippen molar-refractivity contribution >= 4 is 43.9 Å². The number of rotatable bonds is 8. The third-order valence-corrected chi connectivity index (χ3v) is 6.87. The Morgan fingerprint density at radius 3 is 2.23 bits per heavy atom. The Labute approximate surface area is 204 Å².